The van der Waals surface area contributed by atoms with Crippen molar-refractivity contribution in [2.75, 3.05) is 39.8 Å². The van der Waals surface area contributed by atoms with Gasteiger partial charge in [0.15, 0.2) is 0 Å². The number of nitrogens with one attached hydrogen (secondary N) is 2. The number of carbonyl (C=O) groups excluding carboxylic acids is 1. The fourth-order valence-corrected chi connectivity index (χ4v) is 5.31. The SMILES string of the molecule is CCc1cccc(CNC[C@H](O)[C@H](Cc2cc(F)cc(F)c2)NC(=O)c2cc(C)cc(CN(C)CCN(CC)CC)c2)c1.Cl. The summed E-state index contributed by atoms with van der Waals surface area (Å²) in [5.41, 5.74) is 5.14. The molecule has 0 bridgehead atoms. The van der Waals surface area contributed by atoms with Crippen molar-refractivity contribution in [1.82, 2.24) is 20.4 Å². The maximum absolute atomic E-state index is 14.0. The van der Waals surface area contributed by atoms with Crippen LogP contribution in [0.15, 0.2) is 60.7 Å². The Balaban J connectivity index is 0.00000675. The number of halogens is 3. The van der Waals surface area contributed by atoms with E-state index in [-0.39, 0.29) is 31.3 Å². The van der Waals surface area contributed by atoms with Crippen LogP contribution in [0.2, 0.25) is 0 Å². The zero-order chi connectivity index (χ0) is 31.4. The van der Waals surface area contributed by atoms with E-state index in [2.05, 4.69) is 66.5 Å². The van der Waals surface area contributed by atoms with Crippen molar-refractivity contribution in [1.29, 1.82) is 0 Å². The van der Waals surface area contributed by atoms with Crippen LogP contribution in [0, 0.1) is 18.6 Å². The van der Waals surface area contributed by atoms with E-state index in [1.165, 1.54) is 17.7 Å². The summed E-state index contributed by atoms with van der Waals surface area (Å²) in [6, 6.07) is 16.5. The fourth-order valence-electron chi connectivity index (χ4n) is 5.31. The van der Waals surface area contributed by atoms with Gasteiger partial charge in [-0.2, -0.15) is 0 Å². The number of hydrogen-bond donors (Lipinski definition) is 3. The third-order valence-corrected chi connectivity index (χ3v) is 7.79. The van der Waals surface area contributed by atoms with E-state index < -0.39 is 23.8 Å². The van der Waals surface area contributed by atoms with Gasteiger partial charge in [-0.1, -0.05) is 56.7 Å². The molecule has 1 amide bonds. The number of rotatable bonds is 17. The Kier molecular flexibility index (Phi) is 16.0. The van der Waals surface area contributed by atoms with Gasteiger partial charge in [-0.05, 0) is 86.4 Å². The second-order valence-electron chi connectivity index (χ2n) is 11.4. The standard InChI is InChI=1S/C35H48F2N4O2.ClH/c1-6-26-10-9-11-27(16-26)22-38-23-34(42)33(20-28-18-31(36)21-32(37)19-28)39-35(43)30-15-25(4)14-29(17-30)24-40(5)12-13-41(7-2)8-3;/h9-11,14-19,21,33-34,38,42H,6-8,12-13,20,22-24H2,1-5H3,(H,39,43);1H/t33-,34-;/m0./s1. The highest BCUT2D eigenvalue weighted by Gasteiger charge is 2.23. The first kappa shape index (κ1) is 37.3. The number of aliphatic hydroxyl groups is 1. The molecule has 0 saturated carbocycles. The molecule has 0 fully saturated rings. The molecule has 0 aliphatic carbocycles. The lowest BCUT2D eigenvalue weighted by molar-refractivity contribution is 0.0829. The Morgan fingerprint density at radius 3 is 2.23 bits per heavy atom. The van der Waals surface area contributed by atoms with E-state index in [1.54, 1.807) is 0 Å². The molecule has 3 aromatic carbocycles. The van der Waals surface area contributed by atoms with Crippen LogP contribution in [0.3, 0.4) is 0 Å². The summed E-state index contributed by atoms with van der Waals surface area (Å²) in [5.74, 6) is -1.74. The van der Waals surface area contributed by atoms with Crippen LogP contribution in [0.25, 0.3) is 0 Å². The predicted molar refractivity (Wildman–Crippen MR) is 177 cm³/mol. The average molecular weight is 631 g/mol. The first-order chi connectivity index (χ1) is 20.6. The molecular formula is C35H49ClF2N4O2. The number of aryl methyl sites for hydroxylation is 2. The van der Waals surface area contributed by atoms with Crippen LogP contribution < -0.4 is 10.6 Å². The Bertz CT molecular complexity index is 1300. The minimum Gasteiger partial charge on any atom is -0.390 e. The number of nitrogens with zero attached hydrogens (tertiary/aromatic N) is 2. The second kappa shape index (κ2) is 18.8. The van der Waals surface area contributed by atoms with Gasteiger partial charge >= 0.3 is 0 Å². The highest BCUT2D eigenvalue weighted by Crippen LogP contribution is 2.15. The Hall–Kier alpha value is -2.88. The van der Waals surface area contributed by atoms with Crippen molar-refractivity contribution in [3.8, 4) is 0 Å². The first-order valence-corrected chi connectivity index (χ1v) is 15.3. The van der Waals surface area contributed by atoms with Crippen LogP contribution in [0.1, 0.15) is 58.9 Å². The molecule has 44 heavy (non-hydrogen) atoms. The van der Waals surface area contributed by atoms with Crippen LogP contribution in [0.5, 0.6) is 0 Å². The molecule has 3 rings (SSSR count). The maximum atomic E-state index is 14.0. The van der Waals surface area contributed by atoms with Crippen LogP contribution in [0.4, 0.5) is 8.78 Å². The number of amides is 1. The number of likely N-dealkylation sites (N-methyl/N-ethyl adjacent to an activating group) is 2. The van der Waals surface area contributed by atoms with Gasteiger partial charge in [0, 0.05) is 44.4 Å². The van der Waals surface area contributed by atoms with Gasteiger partial charge in [-0.15, -0.1) is 12.4 Å². The summed E-state index contributed by atoms with van der Waals surface area (Å²) < 4.78 is 28.0. The third kappa shape index (κ3) is 12.3. The molecule has 6 nitrogen and oxygen atoms in total. The number of hydrogen-bond acceptors (Lipinski definition) is 5. The minimum atomic E-state index is -1.000. The molecule has 0 aromatic heterocycles. The zero-order valence-corrected chi connectivity index (χ0v) is 27.5. The molecule has 2 atom stereocenters. The Morgan fingerprint density at radius 1 is 0.886 bits per heavy atom. The van der Waals surface area contributed by atoms with Crippen LogP contribution in [-0.2, 0) is 25.9 Å². The van der Waals surface area contributed by atoms with E-state index in [4.69, 9.17) is 0 Å². The van der Waals surface area contributed by atoms with Crippen molar-refractivity contribution in [3.63, 3.8) is 0 Å². The smallest absolute Gasteiger partial charge is 0.251 e. The van der Waals surface area contributed by atoms with E-state index in [0.29, 0.717) is 24.2 Å². The lowest BCUT2D eigenvalue weighted by Gasteiger charge is -2.25. The van der Waals surface area contributed by atoms with E-state index in [1.807, 2.05) is 31.2 Å². The molecule has 0 aliphatic heterocycles. The normalized spacial score (nSPS) is 12.7. The van der Waals surface area contributed by atoms with Gasteiger partial charge in [0.25, 0.3) is 5.91 Å². The van der Waals surface area contributed by atoms with Gasteiger partial charge in [0.1, 0.15) is 11.6 Å². The number of aliphatic hydroxyl groups excluding tert-OH is 1. The van der Waals surface area contributed by atoms with Crippen LogP contribution in [-0.4, -0.2) is 72.7 Å². The lowest BCUT2D eigenvalue weighted by atomic mass is 9.99. The van der Waals surface area contributed by atoms with Gasteiger partial charge in [-0.25, -0.2) is 8.78 Å². The largest absolute Gasteiger partial charge is 0.390 e. The van der Waals surface area contributed by atoms with Gasteiger partial charge in [0.05, 0.1) is 12.1 Å². The maximum Gasteiger partial charge on any atom is 0.251 e. The molecule has 0 unspecified atom stereocenters. The van der Waals surface area contributed by atoms with Crippen molar-refractivity contribution in [2.24, 2.45) is 0 Å². The second-order valence-corrected chi connectivity index (χ2v) is 11.4. The van der Waals surface area contributed by atoms with Crippen molar-refractivity contribution >= 4 is 18.3 Å². The van der Waals surface area contributed by atoms with Gasteiger partial charge < -0.3 is 25.5 Å². The predicted octanol–water partition coefficient (Wildman–Crippen LogP) is 5.52. The van der Waals surface area contributed by atoms with Crippen LogP contribution >= 0.6 is 12.4 Å². The molecular weight excluding hydrogens is 582 g/mol. The Morgan fingerprint density at radius 2 is 1.57 bits per heavy atom. The molecule has 3 aromatic rings. The summed E-state index contributed by atoms with van der Waals surface area (Å²) in [7, 11) is 2.07. The van der Waals surface area contributed by atoms with Gasteiger partial charge in [-0.3, -0.25) is 4.79 Å². The molecule has 242 valence electrons. The topological polar surface area (TPSA) is 67.8 Å². The third-order valence-electron chi connectivity index (χ3n) is 7.79. The fraction of sp³-hybridized carbons (Fsp3) is 0.457. The summed E-state index contributed by atoms with van der Waals surface area (Å²) >= 11 is 0. The molecule has 0 aliphatic rings. The molecule has 3 N–H and O–H groups in total. The molecule has 0 radical (unpaired) electrons. The van der Waals surface area contributed by atoms with E-state index in [0.717, 1.165) is 55.4 Å². The van der Waals surface area contributed by atoms with Crippen molar-refractivity contribution in [3.05, 3.63) is 106 Å². The molecule has 0 spiro atoms. The monoisotopic (exact) mass is 630 g/mol. The van der Waals surface area contributed by atoms with Gasteiger partial charge in [0.2, 0.25) is 0 Å². The quantitative estimate of drug-likeness (QED) is 0.183. The summed E-state index contributed by atoms with van der Waals surface area (Å²) in [6.45, 7) is 13.7. The lowest BCUT2D eigenvalue weighted by Crippen LogP contribution is -2.48. The first-order valence-electron chi connectivity index (χ1n) is 15.3. The zero-order valence-electron chi connectivity index (χ0n) is 26.7. The minimum absolute atomic E-state index is 0. The highest BCUT2D eigenvalue weighted by molar-refractivity contribution is 5.94. The summed E-state index contributed by atoms with van der Waals surface area (Å²) in [6.07, 6.45) is 0.00349. The Labute approximate surface area is 268 Å². The van der Waals surface area contributed by atoms with E-state index >= 15 is 0 Å². The highest BCUT2D eigenvalue weighted by atomic mass is 35.5. The molecule has 0 saturated heterocycles. The van der Waals surface area contributed by atoms with Crippen molar-refractivity contribution < 1.29 is 18.7 Å². The van der Waals surface area contributed by atoms with E-state index in [9.17, 15) is 18.7 Å². The summed E-state index contributed by atoms with van der Waals surface area (Å²) in [5, 5.41) is 17.4. The number of carbonyl (C=O) groups is 1. The number of benzene rings is 3. The summed E-state index contributed by atoms with van der Waals surface area (Å²) in [4.78, 5) is 18.1. The molecule has 0 heterocycles. The average Bonchev–Trinajstić information content (AvgIpc) is 2.96. The van der Waals surface area contributed by atoms with Crippen molar-refractivity contribution in [2.45, 2.75) is 65.8 Å². The molecule has 9 heteroatoms.